The lowest BCUT2D eigenvalue weighted by Gasteiger charge is -2.26. The van der Waals surface area contributed by atoms with E-state index in [0.29, 0.717) is 16.7 Å². The number of fused-ring (bicyclic) bond motifs is 5. The van der Waals surface area contributed by atoms with Crippen LogP contribution in [-0.2, 0) is 36.7 Å². The van der Waals surface area contributed by atoms with Gasteiger partial charge in [-0.1, -0.05) is 0 Å². The van der Waals surface area contributed by atoms with Crippen molar-refractivity contribution in [3.63, 3.8) is 0 Å². The molecule has 7 N–H and O–H groups in total. The Kier molecular flexibility index (Phi) is 7.28. The molecule has 44 heavy (non-hydrogen) atoms. The highest BCUT2D eigenvalue weighted by Gasteiger charge is 2.53. The van der Waals surface area contributed by atoms with E-state index in [-0.39, 0.29) is 11.0 Å². The number of nitrogens with zero attached hydrogens (tertiary/aromatic N) is 4. The Morgan fingerprint density at radius 1 is 0.909 bits per heavy atom. The van der Waals surface area contributed by atoms with E-state index in [1.807, 2.05) is 0 Å². The van der Waals surface area contributed by atoms with E-state index in [0.717, 1.165) is 0 Å². The van der Waals surface area contributed by atoms with Gasteiger partial charge in [0.25, 0.3) is 5.56 Å². The van der Waals surface area contributed by atoms with Crippen molar-refractivity contribution in [3.05, 3.63) is 53.5 Å². The Hall–Kier alpha value is -3.03. The Bertz CT molecular complexity index is 1880. The zero-order valence-corrected chi connectivity index (χ0v) is 24.1. The molecule has 21 heteroatoms. The topological polar surface area (TPSA) is 265 Å². The van der Waals surface area contributed by atoms with Crippen LogP contribution in [0.15, 0.2) is 47.9 Å². The molecule has 2 bridgehead atoms. The summed E-state index contributed by atoms with van der Waals surface area (Å²) in [5.41, 5.74) is 6.47. The van der Waals surface area contributed by atoms with Crippen molar-refractivity contribution in [3.8, 4) is 0 Å². The average Bonchev–Trinajstić information content (AvgIpc) is 3.73. The highest BCUT2D eigenvalue weighted by molar-refractivity contribution is 7.47. The van der Waals surface area contributed by atoms with Crippen LogP contribution in [0.4, 0.5) is 5.69 Å². The van der Waals surface area contributed by atoms with Crippen molar-refractivity contribution in [1.29, 1.82) is 0 Å². The fourth-order valence-electron chi connectivity index (χ4n) is 5.57. The first-order valence-electron chi connectivity index (χ1n) is 13.2. The fourth-order valence-corrected chi connectivity index (χ4v) is 7.47. The minimum atomic E-state index is -5.04. The quantitative estimate of drug-likeness (QED) is 0.154. The molecule has 4 aromatic rings. The molecule has 10 atom stereocenters. The van der Waals surface area contributed by atoms with Crippen LogP contribution in [-0.4, -0.2) is 93.9 Å². The van der Waals surface area contributed by atoms with E-state index < -0.39 is 83.5 Å². The summed E-state index contributed by atoms with van der Waals surface area (Å²) < 4.78 is 61.7. The monoisotopic (exact) mass is 656 g/mol. The predicted octanol–water partition coefficient (Wildman–Crippen LogP) is -0.109. The number of nitrogens with one attached hydrogen (secondary N) is 1. The maximum atomic E-state index is 13.2. The number of nitrogens with two attached hydrogens (primary N) is 1. The first kappa shape index (κ1) is 29.7. The number of pyridine rings is 2. The number of hydrogen-bond acceptors (Lipinski definition) is 14. The molecule has 7 heterocycles. The van der Waals surface area contributed by atoms with E-state index in [1.54, 1.807) is 12.1 Å². The standard InChI is InChI=1S/C23H26N6O13P2/c24-11-1-4-25-20-10(11)3-6-28(20)22-17(31)18-14(40-22)8-38-44(35,36)42-19-16(30)13(7-37-43(33,34)41-18)39-23(19)29-9-27-15-12(29)2-5-26-21(15)32/h1-6,9,13-14,16-19,22-23,30-31H,7-8H2,(H2,24,25)(H,26,32)(H,33,34)(H,35,36)/t13-,14-,16-,17-,18-,19-,22-,23-/m1/s1. The molecular weight excluding hydrogens is 630 g/mol. The van der Waals surface area contributed by atoms with E-state index in [4.69, 9.17) is 33.3 Å². The van der Waals surface area contributed by atoms with Gasteiger partial charge in [0.05, 0.1) is 25.1 Å². The van der Waals surface area contributed by atoms with Crippen molar-refractivity contribution in [2.45, 2.75) is 49.1 Å². The predicted molar refractivity (Wildman–Crippen MR) is 146 cm³/mol. The molecule has 7 rings (SSSR count). The molecule has 19 nitrogen and oxygen atoms in total. The second-order valence-corrected chi connectivity index (χ2v) is 13.1. The zero-order chi connectivity index (χ0) is 31.0. The SMILES string of the molecule is Nc1ccnc2c1ccn2[C@@H]1O[C@@H]2COP(=O)(O)O[C@@H]3[C@H](O)[C@@H](COP(=O)(O)O[C@H]2[C@H]1O)O[C@H]3n1cnc2c(=O)[nH]ccc21. The number of aliphatic hydroxyl groups is 2. The van der Waals surface area contributed by atoms with Gasteiger partial charge in [0.1, 0.15) is 42.3 Å². The number of ether oxygens (including phenoxy) is 2. The summed E-state index contributed by atoms with van der Waals surface area (Å²) in [6.07, 6.45) is -6.44. The molecule has 3 saturated heterocycles. The number of phosphoric acid groups is 2. The Balaban J connectivity index is 1.20. The number of aromatic amines is 1. The number of hydrogen-bond donors (Lipinski definition) is 6. The summed E-state index contributed by atoms with van der Waals surface area (Å²) in [5, 5.41) is 22.7. The zero-order valence-electron chi connectivity index (χ0n) is 22.3. The minimum Gasteiger partial charge on any atom is -0.398 e. The first-order chi connectivity index (χ1) is 20.9. The second-order valence-electron chi connectivity index (χ2n) is 10.3. The van der Waals surface area contributed by atoms with Crippen LogP contribution in [0.3, 0.4) is 0 Å². The van der Waals surface area contributed by atoms with E-state index >= 15 is 0 Å². The maximum absolute atomic E-state index is 13.2. The van der Waals surface area contributed by atoms with Crippen LogP contribution in [0.2, 0.25) is 0 Å². The molecule has 3 fully saturated rings. The molecule has 236 valence electrons. The van der Waals surface area contributed by atoms with Gasteiger partial charge in [-0.2, -0.15) is 0 Å². The van der Waals surface area contributed by atoms with Gasteiger partial charge in [-0.3, -0.25) is 22.9 Å². The van der Waals surface area contributed by atoms with Crippen molar-refractivity contribution in [1.82, 2.24) is 24.1 Å². The summed E-state index contributed by atoms with van der Waals surface area (Å²) in [5.74, 6) is 0. The molecule has 0 aromatic carbocycles. The summed E-state index contributed by atoms with van der Waals surface area (Å²) >= 11 is 0. The van der Waals surface area contributed by atoms with Crippen LogP contribution in [0.5, 0.6) is 0 Å². The lowest BCUT2D eigenvalue weighted by molar-refractivity contribution is -0.0670. The van der Waals surface area contributed by atoms with Gasteiger partial charge in [-0.25, -0.2) is 19.1 Å². The average molecular weight is 656 g/mol. The second kappa shape index (κ2) is 10.8. The summed E-state index contributed by atoms with van der Waals surface area (Å²) in [6.45, 7) is -1.53. The maximum Gasteiger partial charge on any atom is 0.472 e. The van der Waals surface area contributed by atoms with Crippen LogP contribution >= 0.6 is 15.6 Å². The molecule has 0 amide bonds. The van der Waals surface area contributed by atoms with Gasteiger partial charge in [-0.15, -0.1) is 0 Å². The molecule has 0 radical (unpaired) electrons. The van der Waals surface area contributed by atoms with Crippen LogP contribution in [0, 0.1) is 0 Å². The van der Waals surface area contributed by atoms with Crippen LogP contribution in [0.25, 0.3) is 22.1 Å². The van der Waals surface area contributed by atoms with E-state index in [9.17, 15) is 33.9 Å². The summed E-state index contributed by atoms with van der Waals surface area (Å²) in [4.78, 5) is 44.2. The third kappa shape index (κ3) is 5.10. The third-order valence-corrected chi connectivity index (χ3v) is 9.61. The first-order valence-corrected chi connectivity index (χ1v) is 16.2. The molecule has 2 unspecified atom stereocenters. The number of nitrogen functional groups attached to an aromatic ring is 1. The Morgan fingerprint density at radius 3 is 2.39 bits per heavy atom. The molecule has 4 aromatic heterocycles. The largest absolute Gasteiger partial charge is 0.472 e. The molecule has 0 aliphatic carbocycles. The normalized spacial score (nSPS) is 38.3. The summed E-state index contributed by atoms with van der Waals surface area (Å²) in [7, 11) is -10.0. The number of H-pyrrole nitrogens is 1. The number of imidazole rings is 1. The van der Waals surface area contributed by atoms with Gasteiger partial charge in [0.15, 0.2) is 18.0 Å². The number of aliphatic hydroxyl groups excluding tert-OH is 2. The van der Waals surface area contributed by atoms with E-state index in [1.165, 1.54) is 40.1 Å². The van der Waals surface area contributed by atoms with Crippen LogP contribution < -0.4 is 11.3 Å². The van der Waals surface area contributed by atoms with Gasteiger partial charge in [0.2, 0.25) is 0 Å². The van der Waals surface area contributed by atoms with Gasteiger partial charge in [-0.05, 0) is 18.2 Å². The molecule has 3 aliphatic heterocycles. The number of aromatic nitrogens is 5. The Morgan fingerprint density at radius 2 is 1.61 bits per heavy atom. The van der Waals surface area contributed by atoms with Crippen molar-refractivity contribution < 1.29 is 56.7 Å². The highest BCUT2D eigenvalue weighted by atomic mass is 31.2. The molecule has 3 aliphatic rings. The van der Waals surface area contributed by atoms with Crippen molar-refractivity contribution >= 4 is 43.4 Å². The van der Waals surface area contributed by atoms with Gasteiger partial charge < -0.3 is 49.3 Å². The molecule has 0 spiro atoms. The lowest BCUT2D eigenvalue weighted by atomic mass is 10.1. The molecular formula is C23H26N6O13P2. The van der Waals surface area contributed by atoms with Crippen molar-refractivity contribution in [2.24, 2.45) is 0 Å². The Labute approximate surface area is 245 Å². The van der Waals surface area contributed by atoms with Gasteiger partial charge in [0, 0.05) is 29.7 Å². The highest BCUT2D eigenvalue weighted by Crippen LogP contribution is 2.53. The minimum absolute atomic E-state index is 0.0148. The summed E-state index contributed by atoms with van der Waals surface area (Å²) in [6, 6.07) is 4.70. The smallest absolute Gasteiger partial charge is 0.398 e. The molecule has 0 saturated carbocycles. The van der Waals surface area contributed by atoms with E-state index in [2.05, 4.69) is 15.0 Å². The fraction of sp³-hybridized carbons (Fsp3) is 0.435. The van der Waals surface area contributed by atoms with Crippen molar-refractivity contribution in [2.75, 3.05) is 18.9 Å². The number of anilines is 1. The number of phosphoric ester groups is 2. The lowest BCUT2D eigenvalue weighted by Crippen LogP contribution is -2.36. The third-order valence-electron chi connectivity index (χ3n) is 7.64. The number of rotatable bonds is 2. The van der Waals surface area contributed by atoms with Gasteiger partial charge >= 0.3 is 15.6 Å². The van der Waals surface area contributed by atoms with Crippen LogP contribution in [0.1, 0.15) is 12.5 Å².